The molecule has 1 aromatic rings. The van der Waals surface area contributed by atoms with E-state index in [1.807, 2.05) is 0 Å². The molecule has 0 atom stereocenters. The van der Waals surface area contributed by atoms with Gasteiger partial charge in [-0.3, -0.25) is 0 Å². The van der Waals surface area contributed by atoms with Crippen molar-refractivity contribution >= 4 is 0 Å². The molecular weight excluding hydrogens is 220 g/mol. The van der Waals surface area contributed by atoms with Gasteiger partial charge < -0.3 is 10.6 Å². The predicted molar refractivity (Wildman–Crippen MR) is 80.0 cm³/mol. The van der Waals surface area contributed by atoms with Crippen LogP contribution >= 0.6 is 0 Å². The molecular formula is C16H28N2. The van der Waals surface area contributed by atoms with Crippen LogP contribution in [0.15, 0.2) is 18.2 Å². The van der Waals surface area contributed by atoms with Gasteiger partial charge in [0.2, 0.25) is 0 Å². The molecule has 2 heteroatoms. The zero-order valence-electron chi connectivity index (χ0n) is 12.6. The molecule has 2 nitrogen and oxygen atoms in total. The van der Waals surface area contributed by atoms with Crippen molar-refractivity contribution in [1.82, 2.24) is 4.90 Å². The van der Waals surface area contributed by atoms with E-state index >= 15 is 0 Å². The van der Waals surface area contributed by atoms with Gasteiger partial charge >= 0.3 is 0 Å². The Morgan fingerprint density at radius 1 is 1.22 bits per heavy atom. The van der Waals surface area contributed by atoms with E-state index in [-0.39, 0.29) is 5.54 Å². The summed E-state index contributed by atoms with van der Waals surface area (Å²) in [5.74, 6) is 0. The zero-order valence-corrected chi connectivity index (χ0v) is 12.6. The van der Waals surface area contributed by atoms with Crippen LogP contribution in [0.5, 0.6) is 0 Å². The van der Waals surface area contributed by atoms with Crippen molar-refractivity contribution in [3.8, 4) is 0 Å². The first kappa shape index (κ1) is 15.2. The third-order valence-corrected chi connectivity index (χ3v) is 4.00. The van der Waals surface area contributed by atoms with Gasteiger partial charge in [0.1, 0.15) is 0 Å². The van der Waals surface area contributed by atoms with E-state index in [1.165, 1.54) is 16.7 Å². The number of hydrogen-bond donors (Lipinski definition) is 1. The third kappa shape index (κ3) is 4.11. The Kier molecular flexibility index (Phi) is 5.36. The molecule has 0 bridgehead atoms. The predicted octanol–water partition coefficient (Wildman–Crippen LogP) is 2.91. The molecule has 18 heavy (non-hydrogen) atoms. The van der Waals surface area contributed by atoms with E-state index in [1.54, 1.807) is 0 Å². The minimum atomic E-state index is 0.188. The van der Waals surface area contributed by atoms with Gasteiger partial charge in [0.25, 0.3) is 0 Å². The Hall–Kier alpha value is -0.860. The fourth-order valence-corrected chi connectivity index (χ4v) is 2.26. The lowest BCUT2D eigenvalue weighted by Crippen LogP contribution is -2.43. The van der Waals surface area contributed by atoms with Crippen molar-refractivity contribution in [3.05, 3.63) is 34.9 Å². The van der Waals surface area contributed by atoms with Crippen molar-refractivity contribution in [2.24, 2.45) is 5.73 Å². The fourth-order valence-electron chi connectivity index (χ4n) is 2.26. The number of nitrogens with two attached hydrogens (primary N) is 1. The molecule has 0 fully saturated rings. The molecule has 1 aromatic carbocycles. The van der Waals surface area contributed by atoms with Crippen LogP contribution in [0.4, 0.5) is 0 Å². The van der Waals surface area contributed by atoms with E-state index in [9.17, 15) is 0 Å². The minimum Gasteiger partial charge on any atom is -0.330 e. The molecule has 0 heterocycles. The van der Waals surface area contributed by atoms with Crippen molar-refractivity contribution in [1.29, 1.82) is 0 Å². The Balaban J connectivity index is 2.59. The van der Waals surface area contributed by atoms with Crippen molar-refractivity contribution in [2.75, 3.05) is 20.1 Å². The molecule has 0 saturated heterocycles. The maximum Gasteiger partial charge on any atom is 0.0162 e. The van der Waals surface area contributed by atoms with Gasteiger partial charge in [-0.1, -0.05) is 23.8 Å². The molecule has 102 valence electrons. The summed E-state index contributed by atoms with van der Waals surface area (Å²) in [6.45, 7) is 10.7. The minimum absolute atomic E-state index is 0.188. The van der Waals surface area contributed by atoms with Crippen LogP contribution in [0, 0.1) is 13.8 Å². The summed E-state index contributed by atoms with van der Waals surface area (Å²) in [4.78, 5) is 2.42. The Morgan fingerprint density at radius 2 is 1.89 bits per heavy atom. The highest BCUT2D eigenvalue weighted by Crippen LogP contribution is 2.18. The molecule has 0 radical (unpaired) electrons. The summed E-state index contributed by atoms with van der Waals surface area (Å²) in [5, 5.41) is 0. The number of rotatable bonds is 6. The number of nitrogens with zero attached hydrogens (tertiary/aromatic N) is 1. The van der Waals surface area contributed by atoms with Crippen molar-refractivity contribution in [2.45, 2.75) is 46.1 Å². The summed E-state index contributed by atoms with van der Waals surface area (Å²) in [7, 11) is 2.19. The van der Waals surface area contributed by atoms with Crippen LogP contribution in [0.2, 0.25) is 0 Å². The lowest BCUT2D eigenvalue weighted by molar-refractivity contribution is 0.150. The molecule has 0 aromatic heterocycles. The second-order valence-electron chi connectivity index (χ2n) is 5.95. The normalized spacial score (nSPS) is 12.2. The van der Waals surface area contributed by atoms with Gasteiger partial charge in [0.15, 0.2) is 0 Å². The van der Waals surface area contributed by atoms with Gasteiger partial charge in [0, 0.05) is 12.1 Å². The highest BCUT2D eigenvalue weighted by atomic mass is 15.2. The maximum absolute atomic E-state index is 5.67. The molecule has 0 aliphatic heterocycles. The van der Waals surface area contributed by atoms with Crippen LogP contribution in [0.1, 0.15) is 37.0 Å². The zero-order chi connectivity index (χ0) is 13.8. The largest absolute Gasteiger partial charge is 0.330 e. The average molecular weight is 248 g/mol. The molecule has 0 unspecified atom stereocenters. The molecule has 0 aliphatic carbocycles. The monoisotopic (exact) mass is 248 g/mol. The first-order valence-corrected chi connectivity index (χ1v) is 6.84. The number of likely N-dealkylation sites (N-methyl/N-ethyl adjacent to an activating group) is 1. The third-order valence-electron chi connectivity index (χ3n) is 4.00. The topological polar surface area (TPSA) is 29.3 Å². The van der Waals surface area contributed by atoms with Crippen molar-refractivity contribution < 1.29 is 0 Å². The first-order chi connectivity index (χ1) is 8.36. The lowest BCUT2D eigenvalue weighted by atomic mass is 9.97. The van der Waals surface area contributed by atoms with Crippen LogP contribution in [0.3, 0.4) is 0 Å². The van der Waals surface area contributed by atoms with E-state index < -0.39 is 0 Å². The number of aryl methyl sites for hydroxylation is 2. The van der Waals surface area contributed by atoms with Gasteiger partial charge in [0.05, 0.1) is 0 Å². The van der Waals surface area contributed by atoms with Gasteiger partial charge in [-0.05, 0) is 65.3 Å². The highest BCUT2D eigenvalue weighted by molar-refractivity contribution is 5.30. The fraction of sp³-hybridized carbons (Fsp3) is 0.625. The first-order valence-electron chi connectivity index (χ1n) is 6.84. The average Bonchev–Trinajstić information content (AvgIpc) is 2.27. The molecule has 1 rings (SSSR count). The van der Waals surface area contributed by atoms with E-state index in [4.69, 9.17) is 5.73 Å². The molecule has 0 aliphatic rings. The van der Waals surface area contributed by atoms with Gasteiger partial charge in [-0.2, -0.15) is 0 Å². The van der Waals surface area contributed by atoms with E-state index in [0.29, 0.717) is 0 Å². The SMILES string of the molecule is Cc1ccc(CCN(C)C(C)(C)CCN)c(C)c1. The second kappa shape index (κ2) is 6.35. The van der Waals surface area contributed by atoms with E-state index in [0.717, 1.165) is 25.9 Å². The van der Waals surface area contributed by atoms with E-state index in [2.05, 4.69) is 57.8 Å². The second-order valence-corrected chi connectivity index (χ2v) is 5.95. The molecule has 0 spiro atoms. The summed E-state index contributed by atoms with van der Waals surface area (Å²) in [6, 6.07) is 6.72. The van der Waals surface area contributed by atoms with Crippen LogP contribution in [-0.4, -0.2) is 30.6 Å². The van der Waals surface area contributed by atoms with Crippen LogP contribution in [-0.2, 0) is 6.42 Å². The molecule has 0 saturated carbocycles. The maximum atomic E-state index is 5.67. The smallest absolute Gasteiger partial charge is 0.0162 e. The lowest BCUT2D eigenvalue weighted by Gasteiger charge is -2.35. The quantitative estimate of drug-likeness (QED) is 0.839. The summed E-state index contributed by atoms with van der Waals surface area (Å²) in [6.07, 6.45) is 2.15. The Morgan fingerprint density at radius 3 is 2.44 bits per heavy atom. The molecule has 2 N–H and O–H groups in total. The Bertz CT molecular complexity index is 383. The Labute approximate surface area is 112 Å². The van der Waals surface area contributed by atoms with Gasteiger partial charge in [-0.15, -0.1) is 0 Å². The number of hydrogen-bond acceptors (Lipinski definition) is 2. The standard InChI is InChI=1S/C16H28N2/c1-13-6-7-15(14(2)12-13)8-11-18(5)16(3,4)9-10-17/h6-7,12H,8-11,17H2,1-5H3. The van der Waals surface area contributed by atoms with Crippen molar-refractivity contribution in [3.63, 3.8) is 0 Å². The molecule has 0 amide bonds. The van der Waals surface area contributed by atoms with Crippen LogP contribution in [0.25, 0.3) is 0 Å². The van der Waals surface area contributed by atoms with Crippen LogP contribution < -0.4 is 5.73 Å². The number of benzene rings is 1. The highest BCUT2D eigenvalue weighted by Gasteiger charge is 2.21. The van der Waals surface area contributed by atoms with Gasteiger partial charge in [-0.25, -0.2) is 0 Å². The summed E-state index contributed by atoms with van der Waals surface area (Å²) < 4.78 is 0. The summed E-state index contributed by atoms with van der Waals surface area (Å²) in [5.41, 5.74) is 10.1. The summed E-state index contributed by atoms with van der Waals surface area (Å²) >= 11 is 0.